The Morgan fingerprint density at radius 2 is 2.36 bits per heavy atom. The van der Waals surface area contributed by atoms with Crippen LogP contribution in [0.25, 0.3) is 0 Å². The minimum atomic E-state index is 0.0526. The normalized spacial score (nSPS) is 22.2. The summed E-state index contributed by atoms with van der Waals surface area (Å²) in [6, 6.07) is 5.53. The molecule has 1 aliphatic rings. The summed E-state index contributed by atoms with van der Waals surface area (Å²) in [5.74, 6) is 0. The van der Waals surface area contributed by atoms with Crippen LogP contribution in [0, 0.1) is 0 Å². The lowest BCUT2D eigenvalue weighted by molar-refractivity contribution is 0.0278. The number of hydrogen-bond donors (Lipinski definition) is 2. The van der Waals surface area contributed by atoms with E-state index in [1.54, 1.807) is 6.07 Å². The van der Waals surface area contributed by atoms with Gasteiger partial charge in [0, 0.05) is 29.4 Å². The molecule has 14 heavy (non-hydrogen) atoms. The van der Waals surface area contributed by atoms with Gasteiger partial charge in [0.15, 0.2) is 0 Å². The molecule has 0 aromatic heterocycles. The van der Waals surface area contributed by atoms with Crippen molar-refractivity contribution in [2.75, 3.05) is 25.4 Å². The second kappa shape index (κ2) is 4.17. The van der Waals surface area contributed by atoms with Crippen molar-refractivity contribution >= 4 is 17.3 Å². The van der Waals surface area contributed by atoms with Crippen molar-refractivity contribution in [2.45, 2.75) is 6.10 Å². The van der Waals surface area contributed by atoms with Crippen LogP contribution in [0.15, 0.2) is 18.2 Å². The van der Waals surface area contributed by atoms with Gasteiger partial charge in [0.25, 0.3) is 0 Å². The van der Waals surface area contributed by atoms with Gasteiger partial charge >= 0.3 is 0 Å². The summed E-state index contributed by atoms with van der Waals surface area (Å²) >= 11 is 6.08. The van der Waals surface area contributed by atoms with Gasteiger partial charge in [0.05, 0.1) is 12.7 Å². The number of halogens is 1. The van der Waals surface area contributed by atoms with E-state index in [0.29, 0.717) is 10.7 Å². The molecule has 1 atom stereocenters. The molecule has 3 N–H and O–H groups in total. The van der Waals surface area contributed by atoms with E-state index in [2.05, 4.69) is 5.32 Å². The Kier molecular flexibility index (Phi) is 2.91. The number of anilines is 1. The molecule has 2 rings (SSSR count). The van der Waals surface area contributed by atoms with Crippen LogP contribution >= 0.6 is 11.6 Å². The minimum absolute atomic E-state index is 0.0526. The van der Waals surface area contributed by atoms with Gasteiger partial charge < -0.3 is 15.8 Å². The third kappa shape index (κ3) is 2.00. The first kappa shape index (κ1) is 9.77. The maximum atomic E-state index is 6.08. The van der Waals surface area contributed by atoms with Gasteiger partial charge in [-0.1, -0.05) is 17.7 Å². The first-order chi connectivity index (χ1) is 6.77. The second-order valence-corrected chi connectivity index (χ2v) is 3.75. The minimum Gasteiger partial charge on any atom is -0.399 e. The van der Waals surface area contributed by atoms with Gasteiger partial charge in [-0.3, -0.25) is 0 Å². The van der Waals surface area contributed by atoms with Crippen LogP contribution in [0.5, 0.6) is 0 Å². The SMILES string of the molecule is Nc1ccc([C@@H]2CNCCO2)c(Cl)c1. The molecule has 0 unspecified atom stereocenters. The lowest BCUT2D eigenvalue weighted by Gasteiger charge is -2.24. The van der Waals surface area contributed by atoms with Crippen molar-refractivity contribution in [3.05, 3.63) is 28.8 Å². The Hall–Kier alpha value is -0.770. The van der Waals surface area contributed by atoms with Crippen LogP contribution in [0.1, 0.15) is 11.7 Å². The first-order valence-electron chi connectivity index (χ1n) is 4.64. The highest BCUT2D eigenvalue weighted by Gasteiger charge is 2.17. The largest absolute Gasteiger partial charge is 0.399 e. The van der Waals surface area contributed by atoms with E-state index in [1.165, 1.54) is 0 Å². The van der Waals surface area contributed by atoms with Gasteiger partial charge in [0.1, 0.15) is 0 Å². The first-order valence-corrected chi connectivity index (χ1v) is 5.02. The molecule has 76 valence electrons. The molecular weight excluding hydrogens is 200 g/mol. The van der Waals surface area contributed by atoms with Gasteiger partial charge in [-0.05, 0) is 12.1 Å². The van der Waals surface area contributed by atoms with Gasteiger partial charge in [-0.15, -0.1) is 0 Å². The highest BCUT2D eigenvalue weighted by atomic mass is 35.5. The Morgan fingerprint density at radius 1 is 1.50 bits per heavy atom. The van der Waals surface area contributed by atoms with E-state index in [1.807, 2.05) is 12.1 Å². The predicted molar refractivity (Wildman–Crippen MR) is 57.4 cm³/mol. The number of nitrogens with two attached hydrogens (primary N) is 1. The molecule has 1 aromatic rings. The fraction of sp³-hybridized carbons (Fsp3) is 0.400. The van der Waals surface area contributed by atoms with E-state index in [4.69, 9.17) is 22.1 Å². The summed E-state index contributed by atoms with van der Waals surface area (Å²) in [5, 5.41) is 3.94. The third-order valence-electron chi connectivity index (χ3n) is 2.30. The maximum absolute atomic E-state index is 6.08. The van der Waals surface area contributed by atoms with Crippen LogP contribution < -0.4 is 11.1 Å². The number of morpholine rings is 1. The number of nitrogen functional groups attached to an aromatic ring is 1. The summed E-state index contributed by atoms with van der Waals surface area (Å²) in [4.78, 5) is 0. The van der Waals surface area contributed by atoms with E-state index < -0.39 is 0 Å². The van der Waals surface area contributed by atoms with Crippen LogP contribution in [0.3, 0.4) is 0 Å². The highest BCUT2D eigenvalue weighted by Crippen LogP contribution is 2.27. The van der Waals surface area contributed by atoms with Crippen LogP contribution in [-0.2, 0) is 4.74 Å². The van der Waals surface area contributed by atoms with Crippen LogP contribution in [-0.4, -0.2) is 19.7 Å². The quantitative estimate of drug-likeness (QED) is 0.695. The molecular formula is C10H13ClN2O. The average Bonchev–Trinajstić information content (AvgIpc) is 2.19. The lowest BCUT2D eigenvalue weighted by atomic mass is 10.1. The number of benzene rings is 1. The van der Waals surface area contributed by atoms with E-state index in [-0.39, 0.29) is 6.10 Å². The summed E-state index contributed by atoms with van der Waals surface area (Å²) in [6.07, 6.45) is 0.0526. The van der Waals surface area contributed by atoms with Crippen molar-refractivity contribution in [3.63, 3.8) is 0 Å². The predicted octanol–water partition coefficient (Wildman–Crippen LogP) is 1.58. The van der Waals surface area contributed by atoms with Gasteiger partial charge in [-0.25, -0.2) is 0 Å². The van der Waals surface area contributed by atoms with E-state index >= 15 is 0 Å². The number of rotatable bonds is 1. The number of nitrogens with one attached hydrogen (secondary N) is 1. The smallest absolute Gasteiger partial charge is 0.0964 e. The van der Waals surface area contributed by atoms with Crippen molar-refractivity contribution < 1.29 is 4.74 Å². The van der Waals surface area contributed by atoms with Crippen LogP contribution in [0.2, 0.25) is 5.02 Å². The molecule has 1 saturated heterocycles. The molecule has 3 nitrogen and oxygen atoms in total. The van der Waals surface area contributed by atoms with Crippen molar-refractivity contribution in [1.29, 1.82) is 0 Å². The summed E-state index contributed by atoms with van der Waals surface area (Å²) < 4.78 is 5.60. The Labute approximate surface area is 88.2 Å². The summed E-state index contributed by atoms with van der Waals surface area (Å²) in [7, 11) is 0. The topological polar surface area (TPSA) is 47.3 Å². The fourth-order valence-corrected chi connectivity index (χ4v) is 1.88. The van der Waals surface area contributed by atoms with Gasteiger partial charge in [0.2, 0.25) is 0 Å². The van der Waals surface area contributed by atoms with Crippen LogP contribution in [0.4, 0.5) is 5.69 Å². The molecule has 1 heterocycles. The molecule has 0 spiro atoms. The average molecular weight is 213 g/mol. The third-order valence-corrected chi connectivity index (χ3v) is 2.63. The molecule has 0 radical (unpaired) electrons. The monoisotopic (exact) mass is 212 g/mol. The number of ether oxygens (including phenoxy) is 1. The van der Waals surface area contributed by atoms with E-state index in [9.17, 15) is 0 Å². The molecule has 1 aliphatic heterocycles. The highest BCUT2D eigenvalue weighted by molar-refractivity contribution is 6.31. The molecule has 1 aromatic carbocycles. The van der Waals surface area contributed by atoms with Crippen molar-refractivity contribution in [3.8, 4) is 0 Å². The Balaban J connectivity index is 2.22. The second-order valence-electron chi connectivity index (χ2n) is 3.34. The maximum Gasteiger partial charge on any atom is 0.0964 e. The zero-order chi connectivity index (χ0) is 9.97. The van der Waals surface area contributed by atoms with Crippen molar-refractivity contribution in [2.24, 2.45) is 0 Å². The standard InChI is InChI=1S/C10H13ClN2O/c11-9-5-7(12)1-2-8(9)10-6-13-3-4-14-10/h1-2,5,10,13H,3-4,6,12H2/t10-/m0/s1. The molecule has 4 heteroatoms. The summed E-state index contributed by atoms with van der Waals surface area (Å²) in [6.45, 7) is 2.44. The number of hydrogen-bond acceptors (Lipinski definition) is 3. The van der Waals surface area contributed by atoms with E-state index in [0.717, 1.165) is 25.3 Å². The Bertz CT molecular complexity index is 324. The zero-order valence-corrected chi connectivity index (χ0v) is 8.55. The molecule has 0 saturated carbocycles. The Morgan fingerprint density at radius 3 is 3.00 bits per heavy atom. The zero-order valence-electron chi connectivity index (χ0n) is 7.79. The fourth-order valence-electron chi connectivity index (χ4n) is 1.57. The summed E-state index contributed by atoms with van der Waals surface area (Å²) in [5.41, 5.74) is 7.31. The molecule has 0 aliphatic carbocycles. The van der Waals surface area contributed by atoms with Gasteiger partial charge in [-0.2, -0.15) is 0 Å². The molecule has 1 fully saturated rings. The molecule has 0 bridgehead atoms. The lowest BCUT2D eigenvalue weighted by Crippen LogP contribution is -2.33. The van der Waals surface area contributed by atoms with Crippen molar-refractivity contribution in [1.82, 2.24) is 5.32 Å². The molecule has 0 amide bonds.